The fourth-order valence-corrected chi connectivity index (χ4v) is 4.68. The highest BCUT2D eigenvalue weighted by molar-refractivity contribution is 5.98. The number of esters is 1. The number of amides is 1. The normalized spacial score (nSPS) is 19.0. The van der Waals surface area contributed by atoms with Gasteiger partial charge in [-0.1, -0.05) is 27.7 Å². The Morgan fingerprint density at radius 3 is 2.31 bits per heavy atom. The third-order valence-corrected chi connectivity index (χ3v) is 6.86. The lowest BCUT2D eigenvalue weighted by Gasteiger charge is -2.30. The third kappa shape index (κ3) is 9.71. The van der Waals surface area contributed by atoms with Crippen LogP contribution >= 0.6 is 0 Å². The number of ether oxygens (including phenoxy) is 5. The van der Waals surface area contributed by atoms with Crippen LogP contribution in [0.4, 0.5) is 4.79 Å². The first-order chi connectivity index (χ1) is 18.3. The molecule has 0 unspecified atom stereocenters. The molecule has 1 aromatic carbocycles. The van der Waals surface area contributed by atoms with Gasteiger partial charge >= 0.3 is 12.1 Å². The van der Waals surface area contributed by atoms with E-state index in [1.807, 2.05) is 27.7 Å². The zero-order valence-electron chi connectivity index (χ0n) is 25.0. The number of alkyl carbamates (subject to hydrolysis) is 1. The van der Waals surface area contributed by atoms with Gasteiger partial charge in [-0.15, -0.1) is 0 Å². The molecule has 1 N–H and O–H groups in total. The second kappa shape index (κ2) is 14.5. The highest BCUT2D eigenvalue weighted by Gasteiger charge is 2.43. The van der Waals surface area contributed by atoms with Crippen molar-refractivity contribution in [3.63, 3.8) is 0 Å². The van der Waals surface area contributed by atoms with E-state index >= 15 is 0 Å². The predicted molar refractivity (Wildman–Crippen MR) is 148 cm³/mol. The summed E-state index contributed by atoms with van der Waals surface area (Å²) in [6, 6.07) is 4.55. The Kier molecular flexibility index (Phi) is 12.1. The van der Waals surface area contributed by atoms with E-state index in [0.29, 0.717) is 43.1 Å². The van der Waals surface area contributed by atoms with E-state index in [9.17, 15) is 14.4 Å². The van der Waals surface area contributed by atoms with Crippen molar-refractivity contribution in [1.29, 1.82) is 0 Å². The molecule has 1 aromatic rings. The molecular formula is C30H47NO8. The number of carbonyl (C=O) groups is 3. The van der Waals surface area contributed by atoms with Crippen LogP contribution in [0.5, 0.6) is 11.5 Å². The monoisotopic (exact) mass is 549 g/mol. The number of hydrogen-bond acceptors (Lipinski definition) is 8. The van der Waals surface area contributed by atoms with Gasteiger partial charge < -0.3 is 29.0 Å². The largest absolute Gasteiger partial charge is 0.493 e. The van der Waals surface area contributed by atoms with E-state index in [2.05, 4.69) is 5.32 Å². The van der Waals surface area contributed by atoms with Crippen molar-refractivity contribution in [2.75, 3.05) is 27.4 Å². The molecule has 9 nitrogen and oxygen atoms in total. The number of cyclic esters (lactones) is 1. The maximum Gasteiger partial charge on any atom is 0.408 e. The second-order valence-electron chi connectivity index (χ2n) is 11.8. The number of methoxy groups -OCH3 is 2. The highest BCUT2D eigenvalue weighted by Crippen LogP contribution is 2.34. The van der Waals surface area contributed by atoms with Gasteiger partial charge in [0.05, 0.1) is 25.7 Å². The first kappa shape index (κ1) is 32.4. The quantitative estimate of drug-likeness (QED) is 0.186. The van der Waals surface area contributed by atoms with Crippen molar-refractivity contribution in [3.8, 4) is 11.5 Å². The lowest BCUT2D eigenvalue weighted by molar-refractivity contribution is -0.146. The predicted octanol–water partition coefficient (Wildman–Crippen LogP) is 5.44. The smallest absolute Gasteiger partial charge is 0.408 e. The van der Waals surface area contributed by atoms with E-state index in [4.69, 9.17) is 23.7 Å². The Bertz CT molecular complexity index is 968. The molecule has 2 rings (SSSR count). The molecule has 1 fully saturated rings. The number of hydrogen-bond donors (Lipinski definition) is 1. The molecule has 0 spiro atoms. The molecule has 0 saturated carbocycles. The molecule has 1 heterocycles. The topological polar surface area (TPSA) is 109 Å². The summed E-state index contributed by atoms with van der Waals surface area (Å²) in [6.07, 6.45) is 0.291. The summed E-state index contributed by atoms with van der Waals surface area (Å²) in [5, 5.41) is 2.91. The van der Waals surface area contributed by atoms with Gasteiger partial charge in [0.2, 0.25) is 0 Å². The summed E-state index contributed by atoms with van der Waals surface area (Å²) in [5.74, 6) is -0.0107. The minimum Gasteiger partial charge on any atom is -0.493 e. The fourth-order valence-electron chi connectivity index (χ4n) is 4.68. The van der Waals surface area contributed by atoms with Gasteiger partial charge in [-0.05, 0) is 63.6 Å². The van der Waals surface area contributed by atoms with Crippen LogP contribution < -0.4 is 14.8 Å². The molecular weight excluding hydrogens is 502 g/mol. The van der Waals surface area contributed by atoms with Gasteiger partial charge in [0, 0.05) is 31.6 Å². The summed E-state index contributed by atoms with van der Waals surface area (Å²) in [7, 11) is 3.18. The zero-order chi connectivity index (χ0) is 29.3. The van der Waals surface area contributed by atoms with E-state index in [1.54, 1.807) is 53.2 Å². The minimum absolute atomic E-state index is 0.0494. The highest BCUT2D eigenvalue weighted by atomic mass is 16.6. The molecule has 0 radical (unpaired) electrons. The number of benzene rings is 1. The first-order valence-corrected chi connectivity index (χ1v) is 13.8. The molecule has 0 bridgehead atoms. The summed E-state index contributed by atoms with van der Waals surface area (Å²) >= 11 is 0. The molecule has 1 aliphatic heterocycles. The fraction of sp³-hybridized carbons (Fsp3) is 0.700. The van der Waals surface area contributed by atoms with E-state index < -0.39 is 29.8 Å². The van der Waals surface area contributed by atoms with Gasteiger partial charge in [-0.2, -0.15) is 0 Å². The summed E-state index contributed by atoms with van der Waals surface area (Å²) in [6.45, 7) is 14.2. The van der Waals surface area contributed by atoms with E-state index in [1.165, 1.54) is 0 Å². The average Bonchev–Trinajstić information content (AvgIpc) is 3.24. The van der Waals surface area contributed by atoms with E-state index in [-0.39, 0.29) is 35.9 Å². The van der Waals surface area contributed by atoms with Crippen molar-refractivity contribution in [1.82, 2.24) is 5.32 Å². The Hall–Kier alpha value is -2.81. The van der Waals surface area contributed by atoms with Crippen LogP contribution in [0.3, 0.4) is 0 Å². The minimum atomic E-state index is -0.697. The molecule has 9 heteroatoms. The maximum atomic E-state index is 13.8. The lowest BCUT2D eigenvalue weighted by atomic mass is 9.80. The molecule has 0 aromatic heterocycles. The van der Waals surface area contributed by atoms with Gasteiger partial charge in [-0.3, -0.25) is 9.59 Å². The molecule has 1 aliphatic rings. The maximum absolute atomic E-state index is 13.8. The van der Waals surface area contributed by atoms with Gasteiger partial charge in [-0.25, -0.2) is 4.79 Å². The standard InChI is InChI=1S/C30H47NO8/c1-18(2)21(27(32)20-11-12-24(36-9)26(15-20)37-14-10-13-35-8)16-23(31-29(34)39-30(5,6)7)25-17-22(19(3)4)28(33)38-25/h11-12,15,18-19,21-23,25H,10,13-14,16-17H2,1-9H3,(H,31,34)/t21-,22-,23-,25-/m0/s1. The van der Waals surface area contributed by atoms with Crippen LogP contribution in [0.2, 0.25) is 0 Å². The van der Waals surface area contributed by atoms with Crippen LogP contribution in [-0.4, -0.2) is 63.0 Å². The Labute approximate surface area is 233 Å². The molecule has 0 aliphatic carbocycles. The van der Waals surface area contributed by atoms with Crippen molar-refractivity contribution >= 4 is 17.8 Å². The summed E-state index contributed by atoms with van der Waals surface area (Å²) in [5.41, 5.74) is -0.215. The van der Waals surface area contributed by atoms with Crippen LogP contribution in [-0.2, 0) is 19.0 Å². The van der Waals surface area contributed by atoms with E-state index in [0.717, 1.165) is 0 Å². The van der Waals surface area contributed by atoms with Crippen molar-refractivity contribution < 1.29 is 38.1 Å². The lowest BCUT2D eigenvalue weighted by Crippen LogP contribution is -2.47. The summed E-state index contributed by atoms with van der Waals surface area (Å²) in [4.78, 5) is 39.2. The van der Waals surface area contributed by atoms with Gasteiger partial charge in [0.15, 0.2) is 17.3 Å². The van der Waals surface area contributed by atoms with Gasteiger partial charge in [0.1, 0.15) is 11.7 Å². The number of Topliss-reactive ketones (excluding diaryl/α,β-unsaturated/α-hetero) is 1. The summed E-state index contributed by atoms with van der Waals surface area (Å²) < 4.78 is 27.6. The number of ketones is 1. The Morgan fingerprint density at radius 1 is 1.08 bits per heavy atom. The van der Waals surface area contributed by atoms with Crippen LogP contribution in [0.25, 0.3) is 0 Å². The molecule has 1 saturated heterocycles. The van der Waals surface area contributed by atoms with Crippen LogP contribution in [0.15, 0.2) is 18.2 Å². The Morgan fingerprint density at radius 2 is 1.77 bits per heavy atom. The zero-order valence-corrected chi connectivity index (χ0v) is 25.0. The molecule has 39 heavy (non-hydrogen) atoms. The van der Waals surface area contributed by atoms with Crippen molar-refractivity contribution in [2.24, 2.45) is 23.7 Å². The molecule has 220 valence electrons. The SMILES string of the molecule is COCCCOc1cc(C(=O)[C@@H](C[C@H](NC(=O)OC(C)(C)C)[C@@H]2C[C@@H](C(C)C)C(=O)O2)C(C)C)ccc1OC. The third-order valence-electron chi connectivity index (χ3n) is 6.86. The van der Waals surface area contributed by atoms with Crippen molar-refractivity contribution in [2.45, 2.75) is 85.5 Å². The number of rotatable bonds is 14. The second-order valence-corrected chi connectivity index (χ2v) is 11.8. The van der Waals surface area contributed by atoms with Crippen molar-refractivity contribution in [3.05, 3.63) is 23.8 Å². The molecule has 4 atom stereocenters. The van der Waals surface area contributed by atoms with Crippen LogP contribution in [0, 0.1) is 23.7 Å². The Balaban J connectivity index is 2.32. The molecule has 1 amide bonds. The number of nitrogens with one attached hydrogen (secondary N) is 1. The van der Waals surface area contributed by atoms with Crippen LogP contribution in [0.1, 0.15) is 78.1 Å². The van der Waals surface area contributed by atoms with Gasteiger partial charge in [0.25, 0.3) is 0 Å². The first-order valence-electron chi connectivity index (χ1n) is 13.8. The average molecular weight is 550 g/mol. The number of carbonyl (C=O) groups excluding carboxylic acids is 3.